The molecule has 1 fully saturated rings. The van der Waals surface area contributed by atoms with E-state index in [4.69, 9.17) is 11.6 Å². The average Bonchev–Trinajstić information content (AvgIpc) is 2.42. The normalized spacial score (nSPS) is 16.4. The van der Waals surface area contributed by atoms with Crippen molar-refractivity contribution in [3.05, 3.63) is 32.4 Å². The zero-order chi connectivity index (χ0) is 13.8. The summed E-state index contributed by atoms with van der Waals surface area (Å²) in [6.07, 6.45) is 6.47. The monoisotopic (exact) mass is 391 g/mol. The molecule has 2 nitrogen and oxygen atoms in total. The lowest BCUT2D eigenvalue weighted by molar-refractivity contribution is 0.0760. The number of carbonyl (C=O) groups is 1. The van der Waals surface area contributed by atoms with Crippen LogP contribution in [0.15, 0.2) is 18.2 Å². The van der Waals surface area contributed by atoms with Crippen LogP contribution in [0.1, 0.15) is 42.5 Å². The van der Waals surface area contributed by atoms with E-state index >= 15 is 0 Å². The average molecular weight is 392 g/mol. The number of rotatable bonds is 3. The van der Waals surface area contributed by atoms with E-state index in [2.05, 4.69) is 22.6 Å². The molecule has 2 rings (SSSR count). The van der Waals surface area contributed by atoms with E-state index in [0.29, 0.717) is 16.5 Å². The molecule has 0 unspecified atom stereocenters. The quantitative estimate of drug-likeness (QED) is 0.690. The van der Waals surface area contributed by atoms with Gasteiger partial charge in [-0.1, -0.05) is 30.9 Å². The molecule has 1 aliphatic rings. The minimum absolute atomic E-state index is 0.0730. The Labute approximate surface area is 133 Å². The van der Waals surface area contributed by atoms with Gasteiger partial charge in [-0.05, 0) is 59.5 Å². The Morgan fingerprint density at radius 2 is 2.05 bits per heavy atom. The van der Waals surface area contributed by atoms with E-state index in [1.54, 1.807) is 6.07 Å². The molecule has 4 heteroatoms. The van der Waals surface area contributed by atoms with Gasteiger partial charge in [0.25, 0.3) is 5.91 Å². The molecule has 0 saturated heterocycles. The van der Waals surface area contributed by atoms with Gasteiger partial charge in [-0.3, -0.25) is 4.79 Å². The second-order valence-corrected chi connectivity index (χ2v) is 6.89. The van der Waals surface area contributed by atoms with Crippen molar-refractivity contribution in [2.45, 2.75) is 32.1 Å². The summed E-state index contributed by atoms with van der Waals surface area (Å²) in [5.74, 6) is 0.742. The topological polar surface area (TPSA) is 20.3 Å². The Morgan fingerprint density at radius 3 is 2.68 bits per heavy atom. The molecule has 0 spiro atoms. The highest BCUT2D eigenvalue weighted by atomic mass is 127. The SMILES string of the molecule is CN(CC1CCCCC1)C(=O)c1ccc(I)c(Cl)c1. The van der Waals surface area contributed by atoms with E-state index in [1.165, 1.54) is 32.1 Å². The first-order valence-electron chi connectivity index (χ1n) is 6.78. The maximum absolute atomic E-state index is 12.3. The third kappa shape index (κ3) is 4.09. The third-order valence-corrected chi connectivity index (χ3v) is 5.34. The lowest BCUT2D eigenvalue weighted by Gasteiger charge is -2.27. The highest BCUT2D eigenvalue weighted by Gasteiger charge is 2.19. The molecule has 104 valence electrons. The maximum atomic E-state index is 12.3. The highest BCUT2D eigenvalue weighted by Crippen LogP contribution is 2.25. The second kappa shape index (κ2) is 6.93. The molecule has 0 N–H and O–H groups in total. The summed E-state index contributed by atoms with van der Waals surface area (Å²) in [4.78, 5) is 14.2. The molecule has 1 aliphatic carbocycles. The van der Waals surface area contributed by atoms with Gasteiger partial charge in [0.2, 0.25) is 0 Å². The summed E-state index contributed by atoms with van der Waals surface area (Å²) in [5.41, 5.74) is 0.684. The summed E-state index contributed by atoms with van der Waals surface area (Å²) < 4.78 is 0.978. The molecular formula is C15H19ClINO. The Balaban J connectivity index is 1.99. The van der Waals surface area contributed by atoms with Gasteiger partial charge in [0, 0.05) is 22.7 Å². The van der Waals surface area contributed by atoms with Gasteiger partial charge in [0.1, 0.15) is 0 Å². The zero-order valence-corrected chi connectivity index (χ0v) is 14.1. The molecule has 0 aromatic heterocycles. The van der Waals surface area contributed by atoms with Crippen LogP contribution in [-0.2, 0) is 0 Å². The Kier molecular flexibility index (Phi) is 5.51. The largest absolute Gasteiger partial charge is 0.341 e. The fourth-order valence-corrected chi connectivity index (χ4v) is 3.21. The van der Waals surface area contributed by atoms with Gasteiger partial charge in [0.15, 0.2) is 0 Å². The van der Waals surface area contributed by atoms with E-state index < -0.39 is 0 Å². The molecule has 0 bridgehead atoms. The van der Waals surface area contributed by atoms with Crippen LogP contribution in [-0.4, -0.2) is 24.4 Å². The summed E-state index contributed by atoms with van der Waals surface area (Å²) in [5, 5.41) is 0.650. The first kappa shape index (κ1) is 15.1. The van der Waals surface area contributed by atoms with Gasteiger partial charge in [-0.2, -0.15) is 0 Å². The molecule has 19 heavy (non-hydrogen) atoms. The van der Waals surface area contributed by atoms with Crippen molar-refractivity contribution in [1.82, 2.24) is 4.90 Å². The molecule has 0 radical (unpaired) electrons. The lowest BCUT2D eigenvalue weighted by atomic mass is 9.89. The second-order valence-electron chi connectivity index (χ2n) is 5.32. The van der Waals surface area contributed by atoms with Crippen molar-refractivity contribution in [2.75, 3.05) is 13.6 Å². The lowest BCUT2D eigenvalue weighted by Crippen LogP contribution is -2.32. The highest BCUT2D eigenvalue weighted by molar-refractivity contribution is 14.1. The van der Waals surface area contributed by atoms with Crippen molar-refractivity contribution in [3.63, 3.8) is 0 Å². The summed E-state index contributed by atoms with van der Waals surface area (Å²) in [6, 6.07) is 5.51. The fraction of sp³-hybridized carbons (Fsp3) is 0.533. The van der Waals surface area contributed by atoms with Gasteiger partial charge >= 0.3 is 0 Å². The molecule has 0 atom stereocenters. The van der Waals surface area contributed by atoms with E-state index in [0.717, 1.165) is 10.1 Å². The smallest absolute Gasteiger partial charge is 0.253 e. The summed E-state index contributed by atoms with van der Waals surface area (Å²) in [7, 11) is 1.89. The molecule has 1 saturated carbocycles. The van der Waals surface area contributed by atoms with Crippen molar-refractivity contribution in [2.24, 2.45) is 5.92 Å². The molecule has 0 aliphatic heterocycles. The number of benzene rings is 1. The van der Waals surface area contributed by atoms with E-state index in [9.17, 15) is 4.79 Å². The summed E-state index contributed by atoms with van der Waals surface area (Å²) in [6.45, 7) is 0.864. The van der Waals surface area contributed by atoms with Gasteiger partial charge < -0.3 is 4.90 Å². The van der Waals surface area contributed by atoms with Crippen LogP contribution in [0.4, 0.5) is 0 Å². The van der Waals surface area contributed by atoms with Gasteiger partial charge in [-0.25, -0.2) is 0 Å². The van der Waals surface area contributed by atoms with Crippen LogP contribution in [0, 0.1) is 9.49 Å². The Hall–Kier alpha value is -0.290. The van der Waals surface area contributed by atoms with Gasteiger partial charge in [-0.15, -0.1) is 0 Å². The fourth-order valence-electron chi connectivity index (χ4n) is 2.69. The maximum Gasteiger partial charge on any atom is 0.253 e. The van der Waals surface area contributed by atoms with Crippen molar-refractivity contribution >= 4 is 40.1 Å². The number of hydrogen-bond acceptors (Lipinski definition) is 1. The molecule has 1 aromatic rings. The first-order valence-corrected chi connectivity index (χ1v) is 8.24. The molecule has 1 aromatic carbocycles. The van der Waals surface area contributed by atoms with Crippen LogP contribution in [0.2, 0.25) is 5.02 Å². The number of halogens is 2. The molecule has 1 amide bonds. The number of carbonyl (C=O) groups excluding carboxylic acids is 1. The minimum atomic E-state index is 0.0730. The van der Waals surface area contributed by atoms with Crippen LogP contribution < -0.4 is 0 Å². The number of nitrogens with zero attached hydrogens (tertiary/aromatic N) is 1. The van der Waals surface area contributed by atoms with E-state index in [1.807, 2.05) is 24.1 Å². The van der Waals surface area contributed by atoms with Crippen molar-refractivity contribution in [3.8, 4) is 0 Å². The van der Waals surface area contributed by atoms with Gasteiger partial charge in [0.05, 0.1) is 5.02 Å². The van der Waals surface area contributed by atoms with Crippen LogP contribution in [0.5, 0.6) is 0 Å². The molecule has 0 heterocycles. The predicted octanol–water partition coefficient (Wildman–Crippen LogP) is 4.60. The number of hydrogen-bond donors (Lipinski definition) is 0. The minimum Gasteiger partial charge on any atom is -0.341 e. The van der Waals surface area contributed by atoms with Crippen molar-refractivity contribution in [1.29, 1.82) is 0 Å². The Bertz CT molecular complexity index is 457. The first-order chi connectivity index (χ1) is 9.08. The van der Waals surface area contributed by atoms with Crippen LogP contribution >= 0.6 is 34.2 Å². The standard InChI is InChI=1S/C15H19ClINO/c1-18(10-11-5-3-2-4-6-11)15(19)12-7-8-14(17)13(16)9-12/h7-9,11H,2-6,10H2,1H3. The summed E-state index contributed by atoms with van der Waals surface area (Å²) >= 11 is 8.25. The van der Waals surface area contributed by atoms with Crippen LogP contribution in [0.3, 0.4) is 0 Å². The zero-order valence-electron chi connectivity index (χ0n) is 11.2. The van der Waals surface area contributed by atoms with E-state index in [-0.39, 0.29) is 5.91 Å². The van der Waals surface area contributed by atoms with Crippen LogP contribution in [0.25, 0.3) is 0 Å². The molecular weight excluding hydrogens is 373 g/mol. The number of amides is 1. The predicted molar refractivity (Wildman–Crippen MR) is 87.7 cm³/mol. The third-order valence-electron chi connectivity index (χ3n) is 3.77. The van der Waals surface area contributed by atoms with Crippen molar-refractivity contribution < 1.29 is 4.79 Å². The Morgan fingerprint density at radius 1 is 1.37 bits per heavy atom.